The lowest BCUT2D eigenvalue weighted by molar-refractivity contribution is -0.121. The number of anilines is 2. The monoisotopic (exact) mass is 441 g/mol. The molecular formula is C22H23N3O5S. The van der Waals surface area contributed by atoms with E-state index in [0.29, 0.717) is 21.8 Å². The number of nitrogens with zero attached hydrogens (tertiary/aromatic N) is 2. The van der Waals surface area contributed by atoms with Gasteiger partial charge in [-0.2, -0.15) is 0 Å². The number of esters is 1. The van der Waals surface area contributed by atoms with E-state index in [4.69, 9.17) is 4.74 Å². The highest BCUT2D eigenvalue weighted by Crippen LogP contribution is 2.38. The number of carbonyl (C=O) groups is 4. The molecule has 0 unspecified atom stereocenters. The number of benzene rings is 1. The Morgan fingerprint density at radius 1 is 1.10 bits per heavy atom. The van der Waals surface area contributed by atoms with Crippen molar-refractivity contribution in [1.29, 1.82) is 0 Å². The molecule has 1 N–H and O–H groups in total. The molecule has 2 aliphatic heterocycles. The molecule has 31 heavy (non-hydrogen) atoms. The van der Waals surface area contributed by atoms with Gasteiger partial charge in [0.2, 0.25) is 11.8 Å². The molecule has 3 heterocycles. The number of fused-ring (bicyclic) bond motifs is 1. The zero-order chi connectivity index (χ0) is 22.1. The van der Waals surface area contributed by atoms with Crippen LogP contribution in [0.1, 0.15) is 50.9 Å². The molecule has 0 atom stereocenters. The number of hydrogen-bond acceptors (Lipinski definition) is 7. The number of amides is 3. The zero-order valence-electron chi connectivity index (χ0n) is 17.4. The van der Waals surface area contributed by atoms with Crippen molar-refractivity contribution in [3.63, 3.8) is 0 Å². The van der Waals surface area contributed by atoms with E-state index in [0.717, 1.165) is 41.4 Å². The summed E-state index contributed by atoms with van der Waals surface area (Å²) in [5, 5.41) is 3.33. The molecule has 1 aromatic carbocycles. The van der Waals surface area contributed by atoms with Gasteiger partial charge in [-0.15, -0.1) is 11.3 Å². The second-order valence-corrected chi connectivity index (χ2v) is 8.55. The molecule has 0 aliphatic carbocycles. The molecule has 9 heteroatoms. The third-order valence-electron chi connectivity index (χ3n) is 5.64. The third-order valence-corrected chi connectivity index (χ3v) is 6.77. The van der Waals surface area contributed by atoms with Crippen molar-refractivity contribution >= 4 is 45.7 Å². The first-order chi connectivity index (χ1) is 14.9. The topological polar surface area (TPSA) is 96.0 Å². The van der Waals surface area contributed by atoms with Gasteiger partial charge in [-0.1, -0.05) is 6.92 Å². The smallest absolute Gasteiger partial charge is 0.341 e. The van der Waals surface area contributed by atoms with E-state index < -0.39 is 5.97 Å². The molecule has 4 rings (SSSR count). The Kier molecular flexibility index (Phi) is 5.88. The normalized spacial score (nSPS) is 16.4. The summed E-state index contributed by atoms with van der Waals surface area (Å²) in [5.41, 5.74) is 2.18. The van der Waals surface area contributed by atoms with Gasteiger partial charge in [0.25, 0.3) is 5.91 Å². The number of methoxy groups -OCH3 is 1. The fourth-order valence-electron chi connectivity index (χ4n) is 3.93. The van der Waals surface area contributed by atoms with Gasteiger partial charge in [0.15, 0.2) is 0 Å². The third kappa shape index (κ3) is 3.98. The van der Waals surface area contributed by atoms with E-state index in [-0.39, 0.29) is 30.6 Å². The van der Waals surface area contributed by atoms with Crippen LogP contribution in [0.2, 0.25) is 0 Å². The first-order valence-electron chi connectivity index (χ1n) is 10.1. The summed E-state index contributed by atoms with van der Waals surface area (Å²) in [6.07, 6.45) is 1.14. The maximum atomic E-state index is 12.9. The summed E-state index contributed by atoms with van der Waals surface area (Å²) >= 11 is 1.40. The van der Waals surface area contributed by atoms with Crippen LogP contribution in [-0.2, 0) is 27.3 Å². The average Bonchev–Trinajstić information content (AvgIpc) is 3.31. The minimum atomic E-state index is -0.459. The molecule has 3 amide bonds. The molecule has 0 saturated carbocycles. The van der Waals surface area contributed by atoms with Crippen molar-refractivity contribution in [3.8, 4) is 0 Å². The van der Waals surface area contributed by atoms with E-state index in [1.807, 2.05) is 0 Å². The van der Waals surface area contributed by atoms with Crippen LogP contribution in [0, 0.1) is 0 Å². The SMILES string of the molecule is CCN1CCc2c(sc(NC(=O)c3ccc(N4C(=O)CCC4=O)cc3)c2C(=O)OC)C1. The largest absolute Gasteiger partial charge is 0.465 e. The van der Waals surface area contributed by atoms with Crippen LogP contribution >= 0.6 is 11.3 Å². The minimum Gasteiger partial charge on any atom is -0.465 e. The predicted molar refractivity (Wildman–Crippen MR) is 116 cm³/mol. The number of ether oxygens (including phenoxy) is 1. The van der Waals surface area contributed by atoms with Gasteiger partial charge in [0.1, 0.15) is 5.00 Å². The van der Waals surface area contributed by atoms with Crippen LogP contribution in [0.3, 0.4) is 0 Å². The summed E-state index contributed by atoms with van der Waals surface area (Å²) in [4.78, 5) is 53.6. The van der Waals surface area contributed by atoms with Crippen molar-refractivity contribution in [1.82, 2.24) is 4.90 Å². The Balaban J connectivity index is 1.57. The van der Waals surface area contributed by atoms with Gasteiger partial charge < -0.3 is 10.1 Å². The molecule has 0 radical (unpaired) electrons. The van der Waals surface area contributed by atoms with Gasteiger partial charge in [-0.05, 0) is 42.8 Å². The van der Waals surface area contributed by atoms with Crippen molar-refractivity contribution in [2.24, 2.45) is 0 Å². The molecule has 162 valence electrons. The highest BCUT2D eigenvalue weighted by Gasteiger charge is 2.31. The molecule has 8 nitrogen and oxygen atoms in total. The fourth-order valence-corrected chi connectivity index (χ4v) is 5.21. The number of hydrogen-bond donors (Lipinski definition) is 1. The predicted octanol–water partition coefficient (Wildman–Crippen LogP) is 2.82. The van der Waals surface area contributed by atoms with E-state index in [1.165, 1.54) is 18.4 Å². The summed E-state index contributed by atoms with van der Waals surface area (Å²) < 4.78 is 4.97. The van der Waals surface area contributed by atoms with Crippen molar-refractivity contribution < 1.29 is 23.9 Å². The Bertz CT molecular complexity index is 1040. The van der Waals surface area contributed by atoms with E-state index in [2.05, 4.69) is 17.1 Å². The van der Waals surface area contributed by atoms with Gasteiger partial charge in [-0.25, -0.2) is 4.79 Å². The van der Waals surface area contributed by atoms with Crippen LogP contribution in [0.5, 0.6) is 0 Å². The Morgan fingerprint density at radius 3 is 2.39 bits per heavy atom. The van der Waals surface area contributed by atoms with Crippen LogP contribution < -0.4 is 10.2 Å². The first-order valence-corrected chi connectivity index (χ1v) is 11.0. The van der Waals surface area contributed by atoms with Crippen LogP contribution in [0.4, 0.5) is 10.7 Å². The van der Waals surface area contributed by atoms with Crippen molar-refractivity contribution in [2.75, 3.05) is 30.4 Å². The molecule has 1 fully saturated rings. The standard InChI is InChI=1S/C22H23N3O5S/c1-3-24-11-10-15-16(12-24)31-21(19(15)22(29)30-2)23-20(28)13-4-6-14(7-5-13)25-17(26)8-9-18(25)27/h4-7H,3,8-12H2,1-2H3,(H,23,28). The molecule has 1 aromatic heterocycles. The lowest BCUT2D eigenvalue weighted by Crippen LogP contribution is -2.30. The second kappa shape index (κ2) is 8.60. The molecule has 0 spiro atoms. The Morgan fingerprint density at radius 2 is 1.77 bits per heavy atom. The van der Waals surface area contributed by atoms with Gasteiger partial charge >= 0.3 is 5.97 Å². The number of carbonyl (C=O) groups excluding carboxylic acids is 4. The van der Waals surface area contributed by atoms with Gasteiger partial charge in [0.05, 0.1) is 18.4 Å². The summed E-state index contributed by atoms with van der Waals surface area (Å²) in [5.74, 6) is -1.31. The maximum absolute atomic E-state index is 12.9. The molecule has 2 aliphatic rings. The quantitative estimate of drug-likeness (QED) is 0.566. The molecule has 1 saturated heterocycles. The molecule has 2 aromatic rings. The van der Waals surface area contributed by atoms with Gasteiger partial charge in [0, 0.05) is 36.4 Å². The number of imide groups is 1. The fraction of sp³-hybridized carbons (Fsp3) is 0.364. The highest BCUT2D eigenvalue weighted by molar-refractivity contribution is 7.17. The van der Waals surface area contributed by atoms with E-state index in [9.17, 15) is 19.2 Å². The summed E-state index contributed by atoms with van der Waals surface area (Å²) in [7, 11) is 1.33. The van der Waals surface area contributed by atoms with Crippen LogP contribution in [0.25, 0.3) is 0 Å². The number of rotatable bonds is 5. The van der Waals surface area contributed by atoms with Crippen LogP contribution in [0.15, 0.2) is 24.3 Å². The minimum absolute atomic E-state index is 0.204. The second-order valence-electron chi connectivity index (χ2n) is 7.44. The van der Waals surface area contributed by atoms with E-state index >= 15 is 0 Å². The maximum Gasteiger partial charge on any atom is 0.341 e. The summed E-state index contributed by atoms with van der Waals surface area (Å²) in [6.45, 7) is 4.60. The highest BCUT2D eigenvalue weighted by atomic mass is 32.1. The first kappa shape index (κ1) is 21.2. The lowest BCUT2D eigenvalue weighted by atomic mass is 10.0. The van der Waals surface area contributed by atoms with Gasteiger partial charge in [-0.3, -0.25) is 24.2 Å². The molecule has 0 bridgehead atoms. The summed E-state index contributed by atoms with van der Waals surface area (Å²) in [6, 6.07) is 6.28. The van der Waals surface area contributed by atoms with Crippen molar-refractivity contribution in [2.45, 2.75) is 32.7 Å². The Hall–Kier alpha value is -3.04. The number of thiophene rings is 1. The number of likely N-dealkylation sites (N-methyl/N-ethyl adjacent to an activating group) is 1. The average molecular weight is 442 g/mol. The van der Waals surface area contributed by atoms with Crippen molar-refractivity contribution in [3.05, 3.63) is 45.8 Å². The number of nitrogens with one attached hydrogen (secondary N) is 1. The Labute approximate surface area is 183 Å². The lowest BCUT2D eigenvalue weighted by Gasteiger charge is -2.25. The van der Waals surface area contributed by atoms with E-state index in [1.54, 1.807) is 24.3 Å². The van der Waals surface area contributed by atoms with Crippen LogP contribution in [-0.4, -0.2) is 48.8 Å². The molecular weight excluding hydrogens is 418 g/mol. The zero-order valence-corrected chi connectivity index (χ0v) is 18.2.